The maximum absolute atomic E-state index is 4.96. The molecule has 5 heteroatoms. The molecule has 0 fully saturated rings. The van der Waals surface area contributed by atoms with E-state index in [0.29, 0.717) is 0 Å². The Bertz CT molecular complexity index is 2360. The summed E-state index contributed by atoms with van der Waals surface area (Å²) in [6.07, 6.45) is 0. The molecule has 0 amide bonds. The highest BCUT2D eigenvalue weighted by molar-refractivity contribution is 6.97. The highest BCUT2D eigenvalue weighted by atomic mass is 15.2. The highest BCUT2D eigenvalue weighted by Gasteiger charge is 2.51. The molecule has 0 N–H and O–H groups in total. The lowest BCUT2D eigenvalue weighted by Gasteiger charge is -2.51. The molecule has 0 saturated heterocycles. The summed E-state index contributed by atoms with van der Waals surface area (Å²) < 4.78 is 0. The summed E-state index contributed by atoms with van der Waals surface area (Å²) in [4.78, 5) is 7.38. The molecular formula is C43H31B2N3. The zero-order chi connectivity index (χ0) is 31.9. The van der Waals surface area contributed by atoms with Gasteiger partial charge < -0.3 is 14.7 Å². The second-order valence-electron chi connectivity index (χ2n) is 13.0. The first kappa shape index (κ1) is 27.2. The molecule has 0 spiro atoms. The van der Waals surface area contributed by atoms with Gasteiger partial charge in [0.1, 0.15) is 0 Å². The Labute approximate surface area is 282 Å². The summed E-state index contributed by atoms with van der Waals surface area (Å²) in [7, 11) is 0. The van der Waals surface area contributed by atoms with Crippen molar-refractivity contribution in [1.82, 2.24) is 0 Å². The van der Waals surface area contributed by atoms with E-state index in [9.17, 15) is 0 Å². The zero-order valence-electron chi connectivity index (χ0n) is 26.7. The summed E-state index contributed by atoms with van der Waals surface area (Å²) in [6, 6.07) is 57.4. The van der Waals surface area contributed by atoms with Crippen LogP contribution in [0.2, 0.25) is 0 Å². The first-order valence-electron chi connectivity index (χ1n) is 16.7. The Morgan fingerprint density at radius 1 is 0.396 bits per heavy atom. The fraction of sp³-hybridized carbons (Fsp3) is 0.0233. The number of nitrogens with zero attached hydrogens (tertiary/aromatic N) is 3. The standard InChI is InChI=1S/C43H31B2N3/c1-29-41-43-42-30(2)47(32-19-7-4-8-20-32)38-26-14-10-22-34(38)45(42)36-24-12-16-28-40(36)48(43)39-27-15-11-23-35(39)44(41)33-21-9-13-25-37(33)46(29)31-17-5-3-6-18-31/h3-28H,1H2,2H3. The number of rotatable bonds is 2. The second-order valence-corrected chi connectivity index (χ2v) is 13.0. The van der Waals surface area contributed by atoms with Gasteiger partial charge >= 0.3 is 0 Å². The third-order valence-corrected chi connectivity index (χ3v) is 10.6. The maximum Gasteiger partial charge on any atom is 0.252 e. The van der Waals surface area contributed by atoms with E-state index in [4.69, 9.17) is 6.58 Å². The average molecular weight is 611 g/mol. The molecule has 224 valence electrons. The van der Waals surface area contributed by atoms with Crippen molar-refractivity contribution in [3.05, 3.63) is 192 Å². The van der Waals surface area contributed by atoms with E-state index in [-0.39, 0.29) is 13.4 Å². The van der Waals surface area contributed by atoms with E-state index in [1.54, 1.807) is 0 Å². The lowest BCUT2D eigenvalue weighted by atomic mass is 9.28. The summed E-state index contributed by atoms with van der Waals surface area (Å²) in [5.74, 6) is 0. The number of benzene rings is 6. The van der Waals surface area contributed by atoms with E-state index < -0.39 is 0 Å². The van der Waals surface area contributed by atoms with Crippen LogP contribution in [0.5, 0.6) is 0 Å². The SMILES string of the molecule is C=C1C2=C3C4=C(C)N(c5ccccc5)c5ccccc5B4c4ccccc4N3c3ccccc3B2c2ccccc2N1c1ccccc1. The molecule has 6 aromatic rings. The van der Waals surface area contributed by atoms with Crippen LogP contribution < -0.4 is 36.6 Å². The van der Waals surface area contributed by atoms with Crippen LogP contribution >= 0.6 is 0 Å². The molecule has 0 bridgehead atoms. The van der Waals surface area contributed by atoms with Gasteiger partial charge in [0, 0.05) is 51.2 Å². The van der Waals surface area contributed by atoms with Crippen molar-refractivity contribution >= 4 is 69.4 Å². The van der Waals surface area contributed by atoms with Gasteiger partial charge in [-0.15, -0.1) is 0 Å². The molecule has 4 aliphatic rings. The fourth-order valence-corrected chi connectivity index (χ4v) is 8.76. The Morgan fingerprint density at radius 3 is 1.23 bits per heavy atom. The molecule has 6 aromatic carbocycles. The number of hydrogen-bond donors (Lipinski definition) is 0. The molecule has 4 aliphatic heterocycles. The number of anilines is 6. The molecule has 48 heavy (non-hydrogen) atoms. The lowest BCUT2D eigenvalue weighted by molar-refractivity contribution is 1.07. The largest absolute Gasteiger partial charge is 0.315 e. The topological polar surface area (TPSA) is 9.72 Å². The molecule has 0 unspecified atom stereocenters. The maximum atomic E-state index is 4.96. The van der Waals surface area contributed by atoms with E-state index >= 15 is 0 Å². The van der Waals surface area contributed by atoms with Gasteiger partial charge in [-0.05, 0) is 88.3 Å². The van der Waals surface area contributed by atoms with Gasteiger partial charge in [-0.3, -0.25) is 0 Å². The van der Waals surface area contributed by atoms with Crippen LogP contribution in [-0.2, 0) is 0 Å². The van der Waals surface area contributed by atoms with E-state index in [0.717, 1.165) is 17.1 Å². The van der Waals surface area contributed by atoms with Gasteiger partial charge in [-0.2, -0.15) is 0 Å². The minimum atomic E-state index is 0.0321. The number of fused-ring (bicyclic) bond motifs is 14. The normalized spacial score (nSPS) is 15.7. The van der Waals surface area contributed by atoms with Crippen molar-refractivity contribution in [3.8, 4) is 0 Å². The first-order chi connectivity index (χ1) is 23.7. The summed E-state index contributed by atoms with van der Waals surface area (Å²) in [5.41, 5.74) is 18.5. The van der Waals surface area contributed by atoms with E-state index in [1.807, 2.05) is 0 Å². The highest BCUT2D eigenvalue weighted by Crippen LogP contribution is 2.50. The summed E-state index contributed by atoms with van der Waals surface area (Å²) in [6.45, 7) is 7.38. The van der Waals surface area contributed by atoms with Gasteiger partial charge in [0.15, 0.2) is 0 Å². The smallest absolute Gasteiger partial charge is 0.252 e. The van der Waals surface area contributed by atoms with Crippen LogP contribution in [0.15, 0.2) is 192 Å². The van der Waals surface area contributed by atoms with Gasteiger partial charge in [-0.25, -0.2) is 0 Å². The van der Waals surface area contributed by atoms with Crippen molar-refractivity contribution in [2.75, 3.05) is 14.7 Å². The van der Waals surface area contributed by atoms with Crippen molar-refractivity contribution in [2.45, 2.75) is 6.92 Å². The van der Waals surface area contributed by atoms with Gasteiger partial charge in [0.05, 0.1) is 0 Å². The van der Waals surface area contributed by atoms with Crippen molar-refractivity contribution < 1.29 is 0 Å². The van der Waals surface area contributed by atoms with Crippen molar-refractivity contribution in [1.29, 1.82) is 0 Å². The Kier molecular flexibility index (Phi) is 5.83. The molecule has 3 nitrogen and oxygen atoms in total. The monoisotopic (exact) mass is 611 g/mol. The molecule has 0 aromatic heterocycles. The third-order valence-electron chi connectivity index (χ3n) is 10.6. The third kappa shape index (κ3) is 3.62. The fourth-order valence-electron chi connectivity index (χ4n) is 8.76. The van der Waals surface area contributed by atoms with Crippen LogP contribution in [-0.4, -0.2) is 13.4 Å². The van der Waals surface area contributed by atoms with Crippen molar-refractivity contribution in [3.63, 3.8) is 0 Å². The lowest BCUT2D eigenvalue weighted by Crippen LogP contribution is -2.62. The molecule has 0 atom stereocenters. The van der Waals surface area contributed by atoms with Gasteiger partial charge in [-0.1, -0.05) is 116 Å². The quantitative estimate of drug-likeness (QED) is 0.188. The average Bonchev–Trinajstić information content (AvgIpc) is 3.15. The zero-order valence-corrected chi connectivity index (χ0v) is 26.7. The van der Waals surface area contributed by atoms with Crippen LogP contribution in [0, 0.1) is 0 Å². The van der Waals surface area contributed by atoms with Crippen LogP contribution in [0.25, 0.3) is 0 Å². The second kappa shape index (κ2) is 10.3. The van der Waals surface area contributed by atoms with Crippen molar-refractivity contribution in [2.24, 2.45) is 0 Å². The Balaban J connectivity index is 1.37. The number of allylic oxidation sites excluding steroid dienone is 3. The first-order valence-corrected chi connectivity index (χ1v) is 16.7. The van der Waals surface area contributed by atoms with Crippen LogP contribution in [0.4, 0.5) is 34.1 Å². The summed E-state index contributed by atoms with van der Waals surface area (Å²) >= 11 is 0. The number of para-hydroxylation sites is 6. The minimum Gasteiger partial charge on any atom is -0.315 e. The Hall–Kier alpha value is -5.93. The predicted octanol–water partition coefficient (Wildman–Crippen LogP) is 7.49. The molecule has 0 saturated carbocycles. The van der Waals surface area contributed by atoms with Crippen LogP contribution in [0.1, 0.15) is 6.92 Å². The molecule has 10 rings (SSSR count). The minimum absolute atomic E-state index is 0.0321. The molecule has 0 aliphatic carbocycles. The molecule has 0 radical (unpaired) electrons. The Morgan fingerprint density at radius 2 is 0.750 bits per heavy atom. The molecular weight excluding hydrogens is 580 g/mol. The van der Waals surface area contributed by atoms with Gasteiger partial charge in [0.2, 0.25) is 0 Å². The molecule has 4 heterocycles. The summed E-state index contributed by atoms with van der Waals surface area (Å²) in [5, 5.41) is 0. The van der Waals surface area contributed by atoms with Gasteiger partial charge in [0.25, 0.3) is 13.4 Å². The number of hydrogen-bond acceptors (Lipinski definition) is 3. The van der Waals surface area contributed by atoms with Crippen LogP contribution in [0.3, 0.4) is 0 Å². The van der Waals surface area contributed by atoms with E-state index in [2.05, 4.69) is 179 Å². The predicted molar refractivity (Wildman–Crippen MR) is 204 cm³/mol. The van der Waals surface area contributed by atoms with E-state index in [1.165, 1.54) is 66.9 Å².